The smallest absolute Gasteiger partial charge is 0.252 e. The van der Waals surface area contributed by atoms with Crippen LogP contribution in [0.5, 0.6) is 0 Å². The quantitative estimate of drug-likeness (QED) is 0.384. The van der Waals surface area contributed by atoms with Crippen LogP contribution >= 0.6 is 11.6 Å². The number of nitrogen functional groups attached to an aromatic ring is 1. The molecule has 0 saturated heterocycles. The van der Waals surface area contributed by atoms with Gasteiger partial charge in [0.05, 0.1) is 23.4 Å². The number of imidazole rings is 1. The molecule has 6 rings (SSSR count). The molecule has 1 aromatic carbocycles. The molecule has 4 aromatic heterocycles. The van der Waals surface area contributed by atoms with E-state index in [4.69, 9.17) is 22.3 Å². The summed E-state index contributed by atoms with van der Waals surface area (Å²) < 4.78 is 3.23. The van der Waals surface area contributed by atoms with Crippen LogP contribution in [0.3, 0.4) is 0 Å². The summed E-state index contributed by atoms with van der Waals surface area (Å²) in [5.74, 6) is 1.00. The van der Waals surface area contributed by atoms with Gasteiger partial charge in [-0.1, -0.05) is 11.6 Å². The Kier molecular flexibility index (Phi) is 5.09. The lowest BCUT2D eigenvalue weighted by Gasteiger charge is -2.14. The van der Waals surface area contributed by atoms with Gasteiger partial charge in [-0.2, -0.15) is 9.94 Å². The first-order chi connectivity index (χ1) is 17.5. The Balaban J connectivity index is 1.42. The van der Waals surface area contributed by atoms with Gasteiger partial charge in [0, 0.05) is 29.1 Å². The number of benzene rings is 1. The molecular weight excluding hydrogens is 480 g/mol. The summed E-state index contributed by atoms with van der Waals surface area (Å²) >= 11 is 6.46. The molecular formula is C24H17ClN10O. The molecule has 12 heteroatoms. The molecule has 5 heterocycles. The molecule has 0 aliphatic carbocycles. The number of rotatable bonds is 4. The second kappa shape index (κ2) is 8.44. The van der Waals surface area contributed by atoms with Gasteiger partial charge < -0.3 is 15.3 Å². The van der Waals surface area contributed by atoms with E-state index in [1.54, 1.807) is 47.2 Å². The second-order valence-electron chi connectivity index (χ2n) is 8.35. The van der Waals surface area contributed by atoms with Crippen LogP contribution in [0, 0.1) is 11.3 Å². The van der Waals surface area contributed by atoms with E-state index in [1.165, 1.54) is 11.0 Å². The zero-order chi connectivity index (χ0) is 24.8. The molecule has 36 heavy (non-hydrogen) atoms. The Morgan fingerprint density at radius 2 is 2.06 bits per heavy atom. The number of nitriles is 1. The molecule has 0 amide bonds. The maximum atomic E-state index is 13.4. The summed E-state index contributed by atoms with van der Waals surface area (Å²) in [5.41, 5.74) is 10.1. The highest BCUT2D eigenvalue weighted by molar-refractivity contribution is 6.31. The third-order valence-corrected chi connectivity index (χ3v) is 6.49. The first-order valence-corrected chi connectivity index (χ1v) is 11.4. The summed E-state index contributed by atoms with van der Waals surface area (Å²) in [6.07, 6.45) is 4.43. The number of nitrogens with two attached hydrogens (primary N) is 1. The number of nitrogens with zero attached hydrogens (tertiary/aromatic N) is 8. The maximum Gasteiger partial charge on any atom is 0.252 e. The normalized spacial score (nSPS) is 14.5. The lowest BCUT2D eigenvalue weighted by Crippen LogP contribution is -2.24. The van der Waals surface area contributed by atoms with Crippen molar-refractivity contribution < 1.29 is 0 Å². The van der Waals surface area contributed by atoms with Crippen molar-refractivity contribution in [2.45, 2.75) is 18.9 Å². The largest absolute Gasteiger partial charge is 0.384 e. The number of hydrogen-bond donors (Lipinski definition) is 2. The lowest BCUT2D eigenvalue weighted by molar-refractivity contribution is 0.572. The predicted octanol–water partition coefficient (Wildman–Crippen LogP) is 2.92. The van der Waals surface area contributed by atoms with Crippen molar-refractivity contribution in [3.8, 4) is 34.1 Å². The van der Waals surface area contributed by atoms with Crippen LogP contribution in [0.2, 0.25) is 5.15 Å². The third-order valence-electron chi connectivity index (χ3n) is 6.22. The van der Waals surface area contributed by atoms with Crippen molar-refractivity contribution in [1.82, 2.24) is 39.7 Å². The number of pyridine rings is 2. The summed E-state index contributed by atoms with van der Waals surface area (Å²) in [4.78, 5) is 25.3. The van der Waals surface area contributed by atoms with Crippen LogP contribution in [0.4, 0.5) is 5.82 Å². The third kappa shape index (κ3) is 3.60. The first-order valence-electron chi connectivity index (χ1n) is 11.0. The minimum atomic E-state index is -0.293. The molecule has 11 nitrogen and oxygen atoms in total. The summed E-state index contributed by atoms with van der Waals surface area (Å²) in [7, 11) is 0. The number of aromatic nitrogens is 8. The van der Waals surface area contributed by atoms with E-state index >= 15 is 0 Å². The van der Waals surface area contributed by atoms with Gasteiger partial charge in [0.25, 0.3) is 5.56 Å². The number of fused-ring (bicyclic) bond motifs is 1. The Labute approximate surface area is 208 Å². The Bertz CT molecular complexity index is 1700. The van der Waals surface area contributed by atoms with Gasteiger partial charge in [0.15, 0.2) is 0 Å². The average Bonchev–Trinajstić information content (AvgIpc) is 3.64. The Morgan fingerprint density at radius 3 is 2.81 bits per heavy atom. The molecule has 0 saturated carbocycles. The zero-order valence-corrected chi connectivity index (χ0v) is 19.4. The SMILES string of the molecule is N#Cc1ccc(-n2cnnn2)c(-c2cc3n(c(=O)c2)[C@H](c2nc(-c4ccc(N)nc4)c(Cl)[nH]2)CC3)c1. The molecule has 0 radical (unpaired) electrons. The standard InChI is InChI=1S/C24H17ClN10O/c25-23-22(14-2-6-20(27)28-11-14)30-24(31-23)19-5-3-16-8-15(9-21(36)35(16)19)17-7-13(10-26)1-4-18(17)34-12-29-32-33-34/h1-2,4,6-9,11-12,19H,3,5H2,(H2,27,28)(H,30,31)/t19-/m0/s1. The Morgan fingerprint density at radius 1 is 1.17 bits per heavy atom. The van der Waals surface area contributed by atoms with Crippen LogP contribution in [0.25, 0.3) is 28.1 Å². The zero-order valence-electron chi connectivity index (χ0n) is 18.6. The fraction of sp³-hybridized carbons (Fsp3) is 0.125. The van der Waals surface area contributed by atoms with E-state index in [0.717, 1.165) is 11.3 Å². The molecule has 176 valence electrons. The number of nitrogens with one attached hydrogen (secondary N) is 1. The molecule has 1 atom stereocenters. The molecule has 1 aliphatic rings. The number of H-pyrrole nitrogens is 1. The topological polar surface area (TPSA) is 157 Å². The van der Waals surface area contributed by atoms with Crippen molar-refractivity contribution in [2.75, 3.05) is 5.73 Å². The maximum absolute atomic E-state index is 13.4. The number of aryl methyl sites for hydroxylation is 1. The summed E-state index contributed by atoms with van der Waals surface area (Å²) in [5, 5.41) is 21.2. The first kappa shape index (κ1) is 21.7. The van der Waals surface area contributed by atoms with Crippen molar-refractivity contribution >= 4 is 17.4 Å². The molecule has 0 bridgehead atoms. The van der Waals surface area contributed by atoms with E-state index in [2.05, 4.69) is 31.6 Å². The van der Waals surface area contributed by atoms with Crippen LogP contribution in [0.1, 0.15) is 29.5 Å². The molecule has 0 fully saturated rings. The van der Waals surface area contributed by atoms with Gasteiger partial charge in [-0.05, 0) is 65.2 Å². The van der Waals surface area contributed by atoms with Crippen LogP contribution in [-0.4, -0.2) is 39.7 Å². The van der Waals surface area contributed by atoms with Crippen molar-refractivity contribution in [1.29, 1.82) is 5.26 Å². The molecule has 3 N–H and O–H groups in total. The van der Waals surface area contributed by atoms with Gasteiger partial charge >= 0.3 is 0 Å². The summed E-state index contributed by atoms with van der Waals surface area (Å²) in [6, 6.07) is 14.0. The van der Waals surface area contributed by atoms with E-state index in [-0.39, 0.29) is 11.6 Å². The Hall–Kier alpha value is -4.82. The van der Waals surface area contributed by atoms with Crippen molar-refractivity contribution in [2.24, 2.45) is 0 Å². The van der Waals surface area contributed by atoms with E-state index < -0.39 is 0 Å². The highest BCUT2D eigenvalue weighted by Crippen LogP contribution is 2.35. The van der Waals surface area contributed by atoms with Gasteiger partial charge in [-0.25, -0.2) is 9.97 Å². The highest BCUT2D eigenvalue weighted by atomic mass is 35.5. The second-order valence-corrected chi connectivity index (χ2v) is 8.73. The minimum Gasteiger partial charge on any atom is -0.384 e. The van der Waals surface area contributed by atoms with Gasteiger partial charge in [0.1, 0.15) is 28.8 Å². The monoisotopic (exact) mass is 496 g/mol. The highest BCUT2D eigenvalue weighted by Gasteiger charge is 2.29. The van der Waals surface area contributed by atoms with Gasteiger partial charge in [-0.15, -0.1) is 5.10 Å². The van der Waals surface area contributed by atoms with Gasteiger partial charge in [-0.3, -0.25) is 4.79 Å². The number of hydrogen-bond acceptors (Lipinski definition) is 8. The van der Waals surface area contributed by atoms with Crippen LogP contribution in [-0.2, 0) is 6.42 Å². The number of anilines is 1. The van der Waals surface area contributed by atoms with Crippen molar-refractivity contribution in [3.05, 3.63) is 87.6 Å². The number of tetrazole rings is 1. The predicted molar refractivity (Wildman–Crippen MR) is 131 cm³/mol. The molecule has 0 spiro atoms. The van der Waals surface area contributed by atoms with Crippen LogP contribution in [0.15, 0.2) is 59.8 Å². The van der Waals surface area contributed by atoms with Gasteiger partial charge in [0.2, 0.25) is 0 Å². The molecule has 0 unspecified atom stereocenters. The van der Waals surface area contributed by atoms with E-state index in [1.807, 2.05) is 6.07 Å². The lowest BCUT2D eigenvalue weighted by atomic mass is 10.0. The van der Waals surface area contributed by atoms with Crippen molar-refractivity contribution in [3.63, 3.8) is 0 Å². The molecule has 1 aliphatic heterocycles. The number of halogens is 1. The minimum absolute atomic E-state index is 0.182. The van der Waals surface area contributed by atoms with E-state index in [0.29, 0.717) is 57.7 Å². The fourth-order valence-electron chi connectivity index (χ4n) is 4.58. The fourth-order valence-corrected chi connectivity index (χ4v) is 4.83. The van der Waals surface area contributed by atoms with Crippen LogP contribution < -0.4 is 11.3 Å². The average molecular weight is 497 g/mol. The number of aromatic amines is 1. The molecule has 5 aromatic rings. The summed E-state index contributed by atoms with van der Waals surface area (Å²) in [6.45, 7) is 0. The van der Waals surface area contributed by atoms with E-state index in [9.17, 15) is 10.1 Å².